The molecule has 32 heavy (non-hydrogen) atoms. The summed E-state index contributed by atoms with van der Waals surface area (Å²) in [5.74, 6) is -1.00. The van der Waals surface area contributed by atoms with E-state index >= 15 is 0 Å². The lowest BCUT2D eigenvalue weighted by Gasteiger charge is -2.45. The number of nitrogens with zero attached hydrogens (tertiary/aromatic N) is 4. The molecule has 0 bridgehead atoms. The summed E-state index contributed by atoms with van der Waals surface area (Å²) in [5.41, 5.74) is 7.30. The van der Waals surface area contributed by atoms with Gasteiger partial charge in [-0.05, 0) is 22.8 Å². The Bertz CT molecular complexity index is 1230. The second kappa shape index (κ2) is 8.70. The third-order valence-electron chi connectivity index (χ3n) is 6.31. The maximum absolute atomic E-state index is 10.2. The van der Waals surface area contributed by atoms with E-state index in [4.69, 9.17) is 28.9 Å². The van der Waals surface area contributed by atoms with Crippen molar-refractivity contribution in [1.29, 1.82) is 15.8 Å². The summed E-state index contributed by atoms with van der Waals surface area (Å²) in [4.78, 5) is 2.23. The summed E-state index contributed by atoms with van der Waals surface area (Å²) in [6.07, 6.45) is 1.98. The quantitative estimate of drug-likeness (QED) is 0.701. The van der Waals surface area contributed by atoms with E-state index in [9.17, 15) is 15.8 Å². The number of nitrogens with two attached hydrogens (primary N) is 1. The summed E-state index contributed by atoms with van der Waals surface area (Å²) >= 11 is 12.9. The van der Waals surface area contributed by atoms with Crippen LogP contribution >= 0.6 is 23.2 Å². The first-order chi connectivity index (χ1) is 15.5. The Morgan fingerprint density at radius 2 is 1.75 bits per heavy atom. The molecule has 2 aliphatic rings. The molecule has 0 aromatic heterocycles. The molecule has 7 heteroatoms. The molecule has 0 saturated carbocycles. The van der Waals surface area contributed by atoms with E-state index in [0.29, 0.717) is 35.2 Å². The number of benzene rings is 2. The molecule has 2 aromatic rings. The van der Waals surface area contributed by atoms with Gasteiger partial charge >= 0.3 is 0 Å². The zero-order valence-corrected chi connectivity index (χ0v) is 18.6. The molecule has 0 saturated heterocycles. The molecule has 158 valence electrons. The first-order valence-corrected chi connectivity index (χ1v) is 10.9. The lowest BCUT2D eigenvalue weighted by atomic mass is 9.58. The minimum Gasteiger partial charge on any atom is -0.399 e. The third kappa shape index (κ3) is 3.44. The van der Waals surface area contributed by atoms with Gasteiger partial charge < -0.3 is 5.73 Å². The molecule has 0 unspecified atom stereocenters. The highest BCUT2D eigenvalue weighted by molar-refractivity contribution is 6.42. The van der Waals surface area contributed by atoms with Crippen molar-refractivity contribution < 1.29 is 0 Å². The van der Waals surface area contributed by atoms with Crippen LogP contribution in [0.5, 0.6) is 0 Å². The fourth-order valence-corrected chi connectivity index (χ4v) is 5.24. The second-order valence-corrected chi connectivity index (χ2v) is 8.78. The van der Waals surface area contributed by atoms with Gasteiger partial charge in [0.25, 0.3) is 0 Å². The van der Waals surface area contributed by atoms with Crippen LogP contribution in [0.1, 0.15) is 17.0 Å². The Morgan fingerprint density at radius 1 is 1.03 bits per heavy atom. The van der Waals surface area contributed by atoms with E-state index in [1.165, 1.54) is 0 Å². The summed E-state index contributed by atoms with van der Waals surface area (Å²) in [6.45, 7) is 1.86. The molecular weight excluding hydrogens is 441 g/mol. The first kappa shape index (κ1) is 21.9. The zero-order chi connectivity index (χ0) is 22.9. The molecule has 1 aliphatic heterocycles. The van der Waals surface area contributed by atoms with Gasteiger partial charge in [0, 0.05) is 31.5 Å². The van der Waals surface area contributed by atoms with Crippen LogP contribution in [0.3, 0.4) is 0 Å². The Balaban J connectivity index is 1.89. The van der Waals surface area contributed by atoms with Gasteiger partial charge in [0.1, 0.15) is 6.07 Å². The van der Waals surface area contributed by atoms with Crippen molar-refractivity contribution in [2.75, 3.05) is 13.1 Å². The molecule has 0 fully saturated rings. The van der Waals surface area contributed by atoms with E-state index in [1.807, 2.05) is 24.3 Å². The van der Waals surface area contributed by atoms with Crippen molar-refractivity contribution in [2.45, 2.75) is 12.5 Å². The first-order valence-electron chi connectivity index (χ1n) is 10.1. The van der Waals surface area contributed by atoms with Crippen molar-refractivity contribution in [2.24, 2.45) is 17.1 Å². The van der Waals surface area contributed by atoms with Gasteiger partial charge in [-0.1, -0.05) is 71.7 Å². The monoisotopic (exact) mass is 459 g/mol. The summed E-state index contributed by atoms with van der Waals surface area (Å²) in [5, 5.41) is 30.9. The Hall–Kier alpha value is -3.27. The maximum Gasteiger partial charge on any atom is 0.191 e. The van der Waals surface area contributed by atoms with E-state index in [1.54, 1.807) is 18.2 Å². The van der Waals surface area contributed by atoms with Crippen molar-refractivity contribution in [3.63, 3.8) is 0 Å². The molecule has 0 radical (unpaired) electrons. The summed E-state index contributed by atoms with van der Waals surface area (Å²) < 4.78 is 0. The highest BCUT2D eigenvalue weighted by atomic mass is 35.5. The average molecular weight is 460 g/mol. The van der Waals surface area contributed by atoms with E-state index in [0.717, 1.165) is 11.1 Å². The number of nitriles is 3. The van der Waals surface area contributed by atoms with Gasteiger partial charge in [0.15, 0.2) is 5.41 Å². The number of fused-ring (bicyclic) bond motifs is 1. The topological polar surface area (TPSA) is 101 Å². The number of allylic oxidation sites excluding steroid dienone is 2. The lowest BCUT2D eigenvalue weighted by Crippen LogP contribution is -2.48. The Morgan fingerprint density at radius 3 is 2.41 bits per heavy atom. The molecule has 2 aromatic carbocycles. The standard InChI is InChI=1S/C25H19Cl2N5/c26-21-8-4-7-18(23(21)27)22-20-13-32(12-16-5-2-1-3-6-16)10-9-17(20)19(11-28)24(31)25(22,14-29)15-30/h1-9,20,22H,10,12-13,31H2/t20-,22+/m1/s1. The predicted octanol–water partition coefficient (Wildman–Crippen LogP) is 4.92. The molecule has 1 aliphatic carbocycles. The minimum atomic E-state index is -1.74. The van der Waals surface area contributed by atoms with Gasteiger partial charge in [0.2, 0.25) is 0 Å². The van der Waals surface area contributed by atoms with Crippen LogP contribution in [-0.2, 0) is 6.54 Å². The highest BCUT2D eigenvalue weighted by Gasteiger charge is 2.55. The van der Waals surface area contributed by atoms with E-state index in [2.05, 4.69) is 35.2 Å². The lowest BCUT2D eigenvalue weighted by molar-refractivity contribution is 0.201. The van der Waals surface area contributed by atoms with Gasteiger partial charge in [-0.15, -0.1) is 0 Å². The van der Waals surface area contributed by atoms with Gasteiger partial charge in [0.05, 0.1) is 33.5 Å². The number of hydrogen-bond acceptors (Lipinski definition) is 5. The molecule has 1 heterocycles. The van der Waals surface area contributed by atoms with E-state index in [-0.39, 0.29) is 17.2 Å². The minimum absolute atomic E-state index is 0.0231. The predicted molar refractivity (Wildman–Crippen MR) is 123 cm³/mol. The van der Waals surface area contributed by atoms with Gasteiger partial charge in [-0.3, -0.25) is 4.90 Å². The van der Waals surface area contributed by atoms with Gasteiger partial charge in [-0.2, -0.15) is 15.8 Å². The Labute approximate surface area is 197 Å². The molecule has 2 N–H and O–H groups in total. The number of rotatable bonds is 3. The average Bonchev–Trinajstić information content (AvgIpc) is 2.81. The van der Waals surface area contributed by atoms with Crippen molar-refractivity contribution >= 4 is 23.2 Å². The van der Waals surface area contributed by atoms with Crippen LogP contribution in [0.25, 0.3) is 0 Å². The van der Waals surface area contributed by atoms with Crippen molar-refractivity contribution in [3.8, 4) is 18.2 Å². The van der Waals surface area contributed by atoms with Gasteiger partial charge in [-0.25, -0.2) is 0 Å². The second-order valence-electron chi connectivity index (χ2n) is 8.00. The fraction of sp³-hybridized carbons (Fsp3) is 0.240. The zero-order valence-electron chi connectivity index (χ0n) is 17.1. The molecule has 2 atom stereocenters. The SMILES string of the molecule is N#CC1=C(N)C(C#N)(C#N)[C@@H](c2cccc(Cl)c2Cl)[C@@H]2CN(Cc3ccccc3)CC=C12. The third-order valence-corrected chi connectivity index (χ3v) is 7.14. The smallest absolute Gasteiger partial charge is 0.191 e. The normalized spacial score (nSPS) is 22.2. The molecule has 0 spiro atoms. The summed E-state index contributed by atoms with van der Waals surface area (Å²) in [6, 6.07) is 21.7. The van der Waals surface area contributed by atoms with Crippen molar-refractivity contribution in [1.82, 2.24) is 4.90 Å². The van der Waals surface area contributed by atoms with Crippen LogP contribution in [0, 0.1) is 45.3 Å². The van der Waals surface area contributed by atoms with E-state index < -0.39 is 11.3 Å². The van der Waals surface area contributed by atoms with Crippen molar-refractivity contribution in [3.05, 3.63) is 92.6 Å². The Kier molecular flexibility index (Phi) is 5.96. The van der Waals surface area contributed by atoms with Crippen LogP contribution in [0.2, 0.25) is 10.0 Å². The largest absolute Gasteiger partial charge is 0.399 e. The fourth-order valence-electron chi connectivity index (χ4n) is 4.81. The van der Waals surface area contributed by atoms with Crippen LogP contribution in [-0.4, -0.2) is 18.0 Å². The van der Waals surface area contributed by atoms with Crippen LogP contribution in [0.4, 0.5) is 0 Å². The molecule has 4 rings (SSSR count). The molecule has 0 amide bonds. The van der Waals surface area contributed by atoms with Crippen LogP contribution in [0.15, 0.2) is 71.5 Å². The molecule has 5 nitrogen and oxygen atoms in total. The number of hydrogen-bond donors (Lipinski definition) is 1. The number of halogens is 2. The van der Waals surface area contributed by atoms with Crippen LogP contribution < -0.4 is 5.73 Å². The molecular formula is C25H19Cl2N5. The highest BCUT2D eigenvalue weighted by Crippen LogP contribution is 2.55. The summed E-state index contributed by atoms with van der Waals surface area (Å²) in [7, 11) is 0. The maximum atomic E-state index is 10.2.